The Hall–Kier alpha value is -1.04. The molecule has 2 aliphatic rings. The van der Waals surface area contributed by atoms with Crippen LogP contribution in [-0.4, -0.2) is 23.4 Å². The average Bonchev–Trinajstić information content (AvgIpc) is 2.85. The minimum atomic E-state index is -0.886. The fourth-order valence-electron chi connectivity index (χ4n) is 3.62. The van der Waals surface area contributed by atoms with Gasteiger partial charge in [0.15, 0.2) is 0 Å². The lowest BCUT2D eigenvalue weighted by Gasteiger charge is -2.34. The van der Waals surface area contributed by atoms with Gasteiger partial charge < -0.3 is 9.64 Å². The van der Waals surface area contributed by atoms with Crippen LogP contribution in [-0.2, 0) is 20.9 Å². The van der Waals surface area contributed by atoms with Gasteiger partial charge in [-0.25, -0.2) is 0 Å². The number of hydrogen-bond acceptors (Lipinski definition) is 3. The highest BCUT2D eigenvalue weighted by Gasteiger charge is 2.56. The third kappa shape index (κ3) is 3.34. The van der Waals surface area contributed by atoms with Crippen molar-refractivity contribution in [3.05, 3.63) is 44.0 Å². The third-order valence-corrected chi connectivity index (χ3v) is 6.10. The maximum Gasteiger partial charge on any atom is 0.318 e. The second-order valence-electron chi connectivity index (χ2n) is 6.30. The van der Waals surface area contributed by atoms with Crippen LogP contribution in [0.3, 0.4) is 0 Å². The van der Waals surface area contributed by atoms with Gasteiger partial charge in [-0.2, -0.15) is 0 Å². The van der Waals surface area contributed by atoms with Gasteiger partial charge in [-0.1, -0.05) is 45.2 Å². The lowest BCUT2D eigenvalue weighted by molar-refractivity contribution is -0.154. The molecule has 4 nitrogen and oxygen atoms in total. The molecule has 1 fully saturated rings. The molecule has 1 saturated heterocycles. The summed E-state index contributed by atoms with van der Waals surface area (Å²) in [5.74, 6) is -0.410. The van der Waals surface area contributed by atoms with E-state index in [0.29, 0.717) is 29.6 Å². The number of carbonyl (C=O) groups is 2. The van der Waals surface area contributed by atoms with Crippen molar-refractivity contribution >= 4 is 51.0 Å². The van der Waals surface area contributed by atoms with Crippen molar-refractivity contribution < 1.29 is 14.3 Å². The van der Waals surface area contributed by atoms with Gasteiger partial charge >= 0.3 is 5.97 Å². The van der Waals surface area contributed by atoms with Crippen LogP contribution in [0.2, 0.25) is 10.0 Å². The predicted octanol–water partition coefficient (Wildman–Crippen LogP) is 5.07. The quantitative estimate of drug-likeness (QED) is 0.606. The second kappa shape index (κ2) is 7.29. The molecule has 0 radical (unpaired) electrons. The van der Waals surface area contributed by atoms with E-state index in [0.717, 1.165) is 28.6 Å². The number of fused-ring (bicyclic) bond motifs is 1. The molecular formula is C18H18BrCl2NO3. The van der Waals surface area contributed by atoms with Crippen molar-refractivity contribution in [3.63, 3.8) is 0 Å². The number of amides is 1. The van der Waals surface area contributed by atoms with E-state index >= 15 is 0 Å². The molecular weight excluding hydrogens is 429 g/mol. The number of rotatable bonds is 4. The minimum absolute atomic E-state index is 0.0899. The number of hydrogen-bond donors (Lipinski definition) is 0. The van der Waals surface area contributed by atoms with Gasteiger partial charge in [0.25, 0.3) is 0 Å². The van der Waals surface area contributed by atoms with E-state index in [1.165, 1.54) is 0 Å². The number of allylic oxidation sites excluding steroid dienone is 1. The molecule has 0 spiro atoms. The SMILES string of the molecule is CCOC(=O)C12CCCC(Br)=C1N(Cc1ccc(Cl)cc1Cl)C(=O)C2. The largest absolute Gasteiger partial charge is 0.465 e. The first-order valence-electron chi connectivity index (χ1n) is 8.19. The number of carbonyl (C=O) groups excluding carboxylic acids is 2. The normalized spacial score (nSPS) is 23.0. The van der Waals surface area contributed by atoms with Crippen molar-refractivity contribution in [3.8, 4) is 0 Å². The zero-order valence-corrected chi connectivity index (χ0v) is 16.9. The number of likely N-dealkylation sites (tertiary alicyclic amines) is 1. The van der Waals surface area contributed by atoms with Crippen LogP contribution in [0, 0.1) is 5.41 Å². The third-order valence-electron chi connectivity index (χ3n) is 4.74. The van der Waals surface area contributed by atoms with Crippen molar-refractivity contribution in [1.82, 2.24) is 4.90 Å². The van der Waals surface area contributed by atoms with Crippen LogP contribution in [0.25, 0.3) is 0 Å². The zero-order valence-electron chi connectivity index (χ0n) is 13.8. The second-order valence-corrected chi connectivity index (χ2v) is 8.10. The number of ether oxygens (including phenoxy) is 1. The summed E-state index contributed by atoms with van der Waals surface area (Å²) in [5, 5.41) is 1.04. The van der Waals surface area contributed by atoms with Gasteiger partial charge in [-0.15, -0.1) is 0 Å². The van der Waals surface area contributed by atoms with Gasteiger partial charge in [-0.3, -0.25) is 9.59 Å². The molecule has 1 amide bonds. The first-order chi connectivity index (χ1) is 11.9. The van der Waals surface area contributed by atoms with Crippen molar-refractivity contribution in [2.75, 3.05) is 6.61 Å². The van der Waals surface area contributed by atoms with Gasteiger partial charge in [0, 0.05) is 26.6 Å². The summed E-state index contributed by atoms with van der Waals surface area (Å²) in [6.07, 6.45) is 2.40. The maximum atomic E-state index is 12.8. The Balaban J connectivity index is 2.00. The Morgan fingerprint density at radius 3 is 2.84 bits per heavy atom. The van der Waals surface area contributed by atoms with Gasteiger partial charge in [-0.05, 0) is 43.9 Å². The zero-order chi connectivity index (χ0) is 18.2. The predicted molar refractivity (Wildman–Crippen MR) is 100 cm³/mol. The Morgan fingerprint density at radius 2 is 2.16 bits per heavy atom. The van der Waals surface area contributed by atoms with E-state index in [2.05, 4.69) is 15.9 Å². The number of benzene rings is 1. The fourth-order valence-corrected chi connectivity index (χ4v) is 4.97. The summed E-state index contributed by atoms with van der Waals surface area (Å²) < 4.78 is 6.20. The van der Waals surface area contributed by atoms with Crippen molar-refractivity contribution in [2.24, 2.45) is 5.41 Å². The number of nitrogens with zero attached hydrogens (tertiary/aromatic N) is 1. The Morgan fingerprint density at radius 1 is 1.40 bits per heavy atom. The summed E-state index contributed by atoms with van der Waals surface area (Å²) in [5.41, 5.74) is 0.633. The van der Waals surface area contributed by atoms with Crippen LogP contribution < -0.4 is 0 Å². The van der Waals surface area contributed by atoms with Crippen LogP contribution >= 0.6 is 39.1 Å². The molecule has 3 rings (SSSR count). The smallest absolute Gasteiger partial charge is 0.318 e. The molecule has 1 atom stereocenters. The first-order valence-corrected chi connectivity index (χ1v) is 9.74. The summed E-state index contributed by atoms with van der Waals surface area (Å²) in [6.45, 7) is 2.38. The van der Waals surface area contributed by atoms with Gasteiger partial charge in [0.2, 0.25) is 5.91 Å². The Labute approximate surface area is 165 Å². The fraction of sp³-hybridized carbons (Fsp3) is 0.444. The summed E-state index contributed by atoms with van der Waals surface area (Å²) in [6, 6.07) is 5.20. The molecule has 0 aromatic heterocycles. The topological polar surface area (TPSA) is 46.6 Å². The standard InChI is InChI=1S/C18H18BrCl2NO3/c1-2-25-17(24)18-7-3-4-13(19)16(18)22(15(23)9-18)10-11-5-6-12(20)8-14(11)21/h5-6,8H,2-4,7,9-10H2,1H3. The molecule has 1 heterocycles. The lowest BCUT2D eigenvalue weighted by Crippen LogP contribution is -2.37. The van der Waals surface area contributed by atoms with Crippen LogP contribution in [0.1, 0.15) is 38.2 Å². The molecule has 1 unspecified atom stereocenters. The van der Waals surface area contributed by atoms with E-state index in [1.54, 1.807) is 30.0 Å². The van der Waals surface area contributed by atoms with E-state index in [1.807, 2.05) is 0 Å². The first kappa shape index (κ1) is 18.7. The van der Waals surface area contributed by atoms with Crippen LogP contribution in [0.4, 0.5) is 0 Å². The summed E-state index contributed by atoms with van der Waals surface area (Å²) >= 11 is 15.8. The molecule has 1 aliphatic heterocycles. The lowest BCUT2D eigenvalue weighted by atomic mass is 9.75. The molecule has 1 aromatic rings. The molecule has 1 aliphatic carbocycles. The highest BCUT2D eigenvalue weighted by atomic mass is 79.9. The Kier molecular flexibility index (Phi) is 5.47. The molecule has 7 heteroatoms. The van der Waals surface area contributed by atoms with E-state index < -0.39 is 5.41 Å². The average molecular weight is 447 g/mol. The van der Waals surface area contributed by atoms with E-state index in [-0.39, 0.29) is 18.3 Å². The van der Waals surface area contributed by atoms with E-state index in [4.69, 9.17) is 27.9 Å². The highest BCUT2D eigenvalue weighted by molar-refractivity contribution is 9.11. The molecule has 0 N–H and O–H groups in total. The molecule has 1 aromatic carbocycles. The Bertz CT molecular complexity index is 765. The van der Waals surface area contributed by atoms with Crippen LogP contribution in [0.5, 0.6) is 0 Å². The summed E-state index contributed by atoms with van der Waals surface area (Å²) in [7, 11) is 0. The molecule has 25 heavy (non-hydrogen) atoms. The van der Waals surface area contributed by atoms with Crippen LogP contribution in [0.15, 0.2) is 28.4 Å². The molecule has 134 valence electrons. The van der Waals surface area contributed by atoms with Crippen molar-refractivity contribution in [1.29, 1.82) is 0 Å². The molecule has 0 bridgehead atoms. The molecule has 0 saturated carbocycles. The van der Waals surface area contributed by atoms with Crippen molar-refractivity contribution in [2.45, 2.75) is 39.2 Å². The highest BCUT2D eigenvalue weighted by Crippen LogP contribution is 2.53. The van der Waals surface area contributed by atoms with Gasteiger partial charge in [0.05, 0.1) is 13.2 Å². The number of halogens is 3. The number of esters is 1. The monoisotopic (exact) mass is 445 g/mol. The minimum Gasteiger partial charge on any atom is -0.465 e. The van der Waals surface area contributed by atoms with Gasteiger partial charge in [0.1, 0.15) is 5.41 Å². The van der Waals surface area contributed by atoms with E-state index in [9.17, 15) is 9.59 Å². The maximum absolute atomic E-state index is 12.8. The summed E-state index contributed by atoms with van der Waals surface area (Å²) in [4.78, 5) is 27.1.